The minimum Gasteiger partial charge on any atom is -0.456 e. The molecule has 31 heavy (non-hydrogen) atoms. The average Bonchev–Trinajstić information content (AvgIpc) is 2.52. The molecule has 1 saturated carbocycles. The predicted molar refractivity (Wildman–Crippen MR) is 137 cm³/mol. The van der Waals surface area contributed by atoms with E-state index in [1.807, 2.05) is 0 Å². The Morgan fingerprint density at radius 1 is 0.935 bits per heavy atom. The molecule has 1 aliphatic carbocycles. The van der Waals surface area contributed by atoms with E-state index in [0.29, 0.717) is 18.8 Å². The lowest BCUT2D eigenvalue weighted by atomic mass is 9.83. The van der Waals surface area contributed by atoms with Crippen LogP contribution in [0.25, 0.3) is 0 Å². The minimum atomic E-state index is -2.80. The second-order valence-corrected chi connectivity index (χ2v) is 28.6. The molecule has 0 amide bonds. The molecule has 6 nitrogen and oxygen atoms in total. The summed E-state index contributed by atoms with van der Waals surface area (Å²) < 4.78 is 25.5. The van der Waals surface area contributed by atoms with Crippen molar-refractivity contribution in [3.63, 3.8) is 0 Å². The van der Waals surface area contributed by atoms with Gasteiger partial charge in [-0.3, -0.25) is 0 Å². The summed E-state index contributed by atoms with van der Waals surface area (Å²) in [5.41, 5.74) is 0. The fourth-order valence-corrected chi connectivity index (χ4v) is 18.7. The highest BCUT2D eigenvalue weighted by molar-refractivity contribution is 6.90. The summed E-state index contributed by atoms with van der Waals surface area (Å²) in [6.45, 7) is 23.3. The number of hydrogen-bond donors (Lipinski definition) is 1. The van der Waals surface area contributed by atoms with Crippen molar-refractivity contribution in [3.8, 4) is 0 Å². The largest absolute Gasteiger partial charge is 0.469 e. The van der Waals surface area contributed by atoms with E-state index in [1.54, 1.807) is 0 Å². The Bertz CT molecular complexity index is 553. The van der Waals surface area contributed by atoms with Gasteiger partial charge in [-0.25, -0.2) is 4.79 Å². The topological polar surface area (TPSA) is 74.2 Å². The summed E-state index contributed by atoms with van der Waals surface area (Å²) in [6, 6.07) is 0.827. The summed E-state index contributed by atoms with van der Waals surface area (Å²) in [5.74, 6) is -0.0557. The molecule has 0 aromatic heterocycles. The van der Waals surface area contributed by atoms with Crippen LogP contribution in [0.4, 0.5) is 0 Å². The number of ether oxygens (including phenoxy) is 1. The van der Waals surface area contributed by atoms with Gasteiger partial charge in [0.1, 0.15) is 6.10 Å². The van der Waals surface area contributed by atoms with Crippen LogP contribution in [0.1, 0.15) is 32.1 Å². The normalized spacial score (nSPS) is 23.5. The average molecular weight is 507 g/mol. The molecule has 0 aromatic carbocycles. The van der Waals surface area contributed by atoms with E-state index in [-0.39, 0.29) is 0 Å². The van der Waals surface area contributed by atoms with Crippen LogP contribution in [0.3, 0.4) is 0 Å². The van der Waals surface area contributed by atoms with Gasteiger partial charge in [-0.05, 0) is 90.5 Å². The summed E-state index contributed by atoms with van der Waals surface area (Å²) in [4.78, 5) is 11.5. The maximum Gasteiger partial charge on any atom is 0.469 e. The Labute approximate surface area is 194 Å². The van der Waals surface area contributed by atoms with E-state index in [4.69, 9.17) is 17.1 Å². The van der Waals surface area contributed by atoms with E-state index < -0.39 is 51.9 Å². The van der Waals surface area contributed by atoms with Crippen molar-refractivity contribution >= 4 is 39.7 Å². The lowest BCUT2D eigenvalue weighted by Crippen LogP contribution is -2.60. The first-order valence-corrected chi connectivity index (χ1v) is 23.7. The van der Waals surface area contributed by atoms with Crippen LogP contribution in [0.2, 0.25) is 65.0 Å². The number of hydrogen-bond acceptors (Lipinski definition) is 6. The molecule has 1 fully saturated rings. The van der Waals surface area contributed by atoms with Crippen molar-refractivity contribution in [2.24, 2.45) is 5.92 Å². The molecule has 0 radical (unpaired) electrons. The Balaban J connectivity index is 2.82. The second kappa shape index (κ2) is 11.4. The van der Waals surface area contributed by atoms with Crippen LogP contribution >= 0.6 is 0 Å². The van der Waals surface area contributed by atoms with Gasteiger partial charge in [0, 0.05) is 12.1 Å². The molecule has 182 valence electrons. The fraction of sp³-hybridized carbons (Fsp3) is 0.857. The van der Waals surface area contributed by atoms with E-state index >= 15 is 0 Å². The highest BCUT2D eigenvalue weighted by Gasteiger charge is 2.49. The molecular formula is C21H46O6Si4. The van der Waals surface area contributed by atoms with Gasteiger partial charge in [0.15, 0.2) is 25.0 Å². The van der Waals surface area contributed by atoms with Gasteiger partial charge in [-0.1, -0.05) is 13.0 Å². The molecular weight excluding hydrogens is 461 g/mol. The van der Waals surface area contributed by atoms with Crippen molar-refractivity contribution in [1.82, 2.24) is 0 Å². The number of rotatable bonds is 12. The third kappa shape index (κ3) is 12.1. The highest BCUT2D eigenvalue weighted by Crippen LogP contribution is 2.34. The predicted octanol–water partition coefficient (Wildman–Crippen LogP) is 5.52. The lowest BCUT2D eigenvalue weighted by molar-refractivity contribution is -0.152. The number of carbonyl (C=O) groups is 1. The van der Waals surface area contributed by atoms with Crippen molar-refractivity contribution in [3.05, 3.63) is 12.7 Å². The fourth-order valence-electron chi connectivity index (χ4n) is 4.02. The smallest absolute Gasteiger partial charge is 0.456 e. The third-order valence-electron chi connectivity index (χ3n) is 4.78. The summed E-state index contributed by atoms with van der Waals surface area (Å²) in [7, 11) is -8.39. The molecule has 10 heteroatoms. The van der Waals surface area contributed by atoms with Crippen molar-refractivity contribution in [2.75, 3.05) is 0 Å². The van der Waals surface area contributed by atoms with Gasteiger partial charge >= 0.3 is 14.8 Å². The van der Waals surface area contributed by atoms with Crippen molar-refractivity contribution in [2.45, 2.75) is 109 Å². The molecule has 3 unspecified atom stereocenters. The van der Waals surface area contributed by atoms with Gasteiger partial charge in [0.05, 0.1) is 6.10 Å². The van der Waals surface area contributed by atoms with Crippen LogP contribution in [-0.4, -0.2) is 57.0 Å². The molecule has 1 N–H and O–H groups in total. The van der Waals surface area contributed by atoms with E-state index in [0.717, 1.165) is 31.4 Å². The quantitative estimate of drug-likeness (QED) is 0.213. The zero-order valence-electron chi connectivity index (χ0n) is 21.2. The molecule has 0 bridgehead atoms. The minimum absolute atomic E-state index is 0.408. The van der Waals surface area contributed by atoms with Gasteiger partial charge in [0.25, 0.3) is 0 Å². The van der Waals surface area contributed by atoms with E-state index in [9.17, 15) is 9.90 Å². The van der Waals surface area contributed by atoms with Gasteiger partial charge in [0.2, 0.25) is 0 Å². The maximum absolute atomic E-state index is 11.5. The zero-order chi connectivity index (χ0) is 24.1. The first-order valence-electron chi connectivity index (χ1n) is 11.6. The van der Waals surface area contributed by atoms with Crippen molar-refractivity contribution < 1.29 is 27.0 Å². The molecule has 0 spiro atoms. The van der Waals surface area contributed by atoms with Crippen LogP contribution in [0.5, 0.6) is 0 Å². The monoisotopic (exact) mass is 506 g/mol. The van der Waals surface area contributed by atoms with Crippen LogP contribution < -0.4 is 0 Å². The van der Waals surface area contributed by atoms with Crippen molar-refractivity contribution in [1.29, 1.82) is 0 Å². The highest BCUT2D eigenvalue weighted by atomic mass is 28.5. The number of carbonyl (C=O) groups excluding carboxylic acids is 1. The lowest BCUT2D eigenvalue weighted by Gasteiger charge is -2.43. The number of aliphatic hydroxyl groups is 1. The van der Waals surface area contributed by atoms with Gasteiger partial charge in [-0.15, -0.1) is 0 Å². The Morgan fingerprint density at radius 3 is 1.81 bits per heavy atom. The summed E-state index contributed by atoms with van der Waals surface area (Å²) in [5, 5.41) is 10.4. The second-order valence-electron chi connectivity index (χ2n) is 11.6. The number of aliphatic hydroxyl groups excluding tert-OH is 1. The third-order valence-corrected chi connectivity index (χ3v) is 16.8. The van der Waals surface area contributed by atoms with Crippen LogP contribution in [0.15, 0.2) is 12.7 Å². The standard InChI is InChI=1S/C21H46O6Si4/c1-11-21(23)24-20-15-14-18(17-19(20)22)13-12-16-31(25-28(2,3)4,26-29(5,6)7)27-30(8,9)10/h11,18-20,22H,1,12-17H2,2-10H3. The molecule has 1 aliphatic rings. The van der Waals surface area contributed by atoms with E-state index in [2.05, 4.69) is 65.5 Å². The maximum atomic E-state index is 11.5. The summed E-state index contributed by atoms with van der Waals surface area (Å²) >= 11 is 0. The molecule has 0 aromatic rings. The molecule has 0 aliphatic heterocycles. The Morgan fingerprint density at radius 2 is 1.42 bits per heavy atom. The van der Waals surface area contributed by atoms with Crippen LogP contribution in [-0.2, 0) is 21.9 Å². The zero-order valence-corrected chi connectivity index (χ0v) is 25.2. The molecule has 0 saturated heterocycles. The first kappa shape index (κ1) is 28.9. The van der Waals surface area contributed by atoms with E-state index in [1.165, 1.54) is 0 Å². The van der Waals surface area contributed by atoms with Gasteiger partial charge < -0.3 is 22.2 Å². The Hall–Kier alpha value is -0.0825. The Kier molecular flexibility index (Phi) is 10.6. The molecule has 1 rings (SSSR count). The van der Waals surface area contributed by atoms with Crippen LogP contribution in [0, 0.1) is 5.92 Å². The number of esters is 1. The first-order chi connectivity index (χ1) is 13.9. The summed E-state index contributed by atoms with van der Waals surface area (Å²) in [6.07, 6.45) is 4.36. The van der Waals surface area contributed by atoms with Gasteiger partial charge in [-0.2, -0.15) is 0 Å². The molecule has 3 atom stereocenters. The SMILES string of the molecule is C=CC(=O)OC1CCC(CCC[Si](O[Si](C)(C)C)(O[Si](C)(C)C)O[Si](C)(C)C)CC1O. The molecule has 0 heterocycles.